The lowest BCUT2D eigenvalue weighted by Crippen LogP contribution is -2.44. The molecule has 4 rings (SSSR count). The predicted octanol–water partition coefficient (Wildman–Crippen LogP) is 7.81. The van der Waals surface area contributed by atoms with Gasteiger partial charge >= 0.3 is 6.18 Å². The molecule has 0 radical (unpaired) electrons. The number of carbonyl (C=O) groups excluding carboxylic acids is 1. The first-order valence-corrected chi connectivity index (χ1v) is 16.0. The van der Waals surface area contributed by atoms with Crippen molar-refractivity contribution in [2.24, 2.45) is 0 Å². The molecule has 0 aliphatic rings. The molecule has 1 amide bonds. The molecule has 7 nitrogen and oxygen atoms in total. The van der Waals surface area contributed by atoms with E-state index in [0.717, 1.165) is 12.1 Å². The fourth-order valence-corrected chi connectivity index (χ4v) is 5.27. The second-order valence-electron chi connectivity index (χ2n) is 10.7. The highest BCUT2D eigenvalue weighted by Crippen LogP contribution is 2.37. The summed E-state index contributed by atoms with van der Waals surface area (Å²) in [6.45, 7) is 10.8. The summed E-state index contributed by atoms with van der Waals surface area (Å²) in [6, 6.07) is 11.2. The van der Waals surface area contributed by atoms with Crippen LogP contribution in [0, 0.1) is 0 Å². The number of anilines is 1. The van der Waals surface area contributed by atoms with E-state index in [1.807, 2.05) is 0 Å². The summed E-state index contributed by atoms with van der Waals surface area (Å²) in [5, 5.41) is 0.590. The van der Waals surface area contributed by atoms with Crippen molar-refractivity contribution >= 4 is 54.3 Å². The van der Waals surface area contributed by atoms with E-state index in [-0.39, 0.29) is 34.3 Å². The number of carbonyl (C=O) groups is 1. The average molecular weight is 611 g/mol. The van der Waals surface area contributed by atoms with Gasteiger partial charge in [0.25, 0.3) is 5.91 Å². The molecule has 0 fully saturated rings. The van der Waals surface area contributed by atoms with Crippen LogP contribution in [-0.4, -0.2) is 46.9 Å². The Morgan fingerprint density at radius 1 is 1.02 bits per heavy atom. The van der Waals surface area contributed by atoms with E-state index in [1.54, 1.807) is 29.0 Å². The van der Waals surface area contributed by atoms with Gasteiger partial charge in [0.1, 0.15) is 21.8 Å². The topological polar surface area (TPSA) is 73.1 Å². The van der Waals surface area contributed by atoms with Gasteiger partial charge in [-0.2, -0.15) is 13.2 Å². The highest BCUT2D eigenvalue weighted by Gasteiger charge is 2.37. The normalized spacial score (nSPS) is 12.7. The number of aromatic nitrogens is 4. The Balaban J connectivity index is 1.84. The first-order valence-electron chi connectivity index (χ1n) is 12.4. The van der Waals surface area contributed by atoms with Crippen LogP contribution in [0.2, 0.25) is 28.4 Å². The highest BCUT2D eigenvalue weighted by atomic mass is 35.5. The van der Waals surface area contributed by atoms with E-state index in [4.69, 9.17) is 27.6 Å². The van der Waals surface area contributed by atoms with Gasteiger partial charge in [0.15, 0.2) is 8.32 Å². The van der Waals surface area contributed by atoms with Gasteiger partial charge in [-0.25, -0.2) is 15.0 Å². The van der Waals surface area contributed by atoms with Crippen LogP contribution in [0.3, 0.4) is 0 Å². The van der Waals surface area contributed by atoms with Crippen molar-refractivity contribution in [3.8, 4) is 5.69 Å². The molecule has 0 saturated heterocycles. The molecule has 0 atom stereocenters. The van der Waals surface area contributed by atoms with Crippen molar-refractivity contribution in [1.29, 1.82) is 0 Å². The van der Waals surface area contributed by atoms with Crippen molar-refractivity contribution in [3.63, 3.8) is 0 Å². The molecule has 212 valence electrons. The number of pyridine rings is 1. The summed E-state index contributed by atoms with van der Waals surface area (Å²) in [6.07, 6.45) is -2.93. The number of hydrogen-bond donors (Lipinski definition) is 0. The van der Waals surface area contributed by atoms with Crippen molar-refractivity contribution in [3.05, 3.63) is 76.4 Å². The maximum atomic E-state index is 13.9. The van der Waals surface area contributed by atoms with E-state index in [9.17, 15) is 18.0 Å². The van der Waals surface area contributed by atoms with Crippen LogP contribution < -0.4 is 4.90 Å². The Morgan fingerprint density at radius 3 is 2.23 bits per heavy atom. The minimum Gasteiger partial charge on any atom is -0.415 e. The van der Waals surface area contributed by atoms with Crippen LogP contribution in [0.5, 0.6) is 0 Å². The van der Waals surface area contributed by atoms with E-state index in [2.05, 4.69) is 48.8 Å². The standard InChI is InChI=1S/C27H28Cl2F3N5O2Si/c1-26(2,3)40(4,5)39-14-13-36(25(38)23-34-20(28)16-21(29)35-23)22-15-17-7-6-12-33-24(17)37(22)19-10-8-18(9-11-19)27(30,31)32/h6-12,15-16H,13-14H2,1-5H3. The summed E-state index contributed by atoms with van der Waals surface area (Å²) in [5.74, 6) is -0.502. The third kappa shape index (κ3) is 6.32. The van der Waals surface area contributed by atoms with Gasteiger partial charge in [-0.05, 0) is 60.6 Å². The zero-order valence-electron chi connectivity index (χ0n) is 22.6. The lowest BCUT2D eigenvalue weighted by molar-refractivity contribution is -0.137. The summed E-state index contributed by atoms with van der Waals surface area (Å²) < 4.78 is 47.8. The van der Waals surface area contributed by atoms with Crippen molar-refractivity contribution in [2.75, 3.05) is 18.1 Å². The molecule has 0 aliphatic carbocycles. The predicted molar refractivity (Wildman–Crippen MR) is 153 cm³/mol. The monoisotopic (exact) mass is 609 g/mol. The first kappa shape index (κ1) is 30.0. The molecule has 3 aromatic heterocycles. The molecule has 3 heterocycles. The SMILES string of the molecule is CC(C)(C)[Si](C)(C)OCCN(C(=O)c1nc(Cl)cc(Cl)n1)c1cc2cccnc2n1-c1ccc(C(F)(F)F)cc1. The fourth-order valence-electron chi connectivity index (χ4n) is 3.81. The number of nitrogens with zero attached hydrogens (tertiary/aromatic N) is 5. The van der Waals surface area contributed by atoms with Gasteiger partial charge < -0.3 is 4.43 Å². The van der Waals surface area contributed by atoms with Crippen LogP contribution >= 0.6 is 23.2 Å². The second-order valence-corrected chi connectivity index (χ2v) is 16.3. The molecule has 4 aromatic rings. The molecular weight excluding hydrogens is 582 g/mol. The van der Waals surface area contributed by atoms with Gasteiger partial charge in [-0.1, -0.05) is 44.0 Å². The van der Waals surface area contributed by atoms with Crippen molar-refractivity contribution in [1.82, 2.24) is 19.5 Å². The molecule has 13 heteroatoms. The molecule has 1 aromatic carbocycles. The third-order valence-electron chi connectivity index (χ3n) is 6.96. The van der Waals surface area contributed by atoms with Gasteiger partial charge in [0.2, 0.25) is 5.82 Å². The smallest absolute Gasteiger partial charge is 0.415 e. The lowest BCUT2D eigenvalue weighted by atomic mass is 10.2. The van der Waals surface area contributed by atoms with Crippen molar-refractivity contribution < 1.29 is 22.4 Å². The lowest BCUT2D eigenvalue weighted by Gasteiger charge is -2.36. The minimum absolute atomic E-state index is 0.00854. The number of alkyl halides is 3. The number of halogens is 5. The minimum atomic E-state index is -4.50. The molecule has 0 bridgehead atoms. The van der Waals surface area contributed by atoms with E-state index in [1.165, 1.54) is 23.1 Å². The molecule has 0 aliphatic heterocycles. The number of hydrogen-bond acceptors (Lipinski definition) is 5. The largest absolute Gasteiger partial charge is 0.416 e. The Hall–Kier alpha value is -2.99. The van der Waals surface area contributed by atoms with Gasteiger partial charge in [-0.3, -0.25) is 14.3 Å². The summed E-state index contributed by atoms with van der Waals surface area (Å²) >= 11 is 12.1. The van der Waals surface area contributed by atoms with Crippen molar-refractivity contribution in [2.45, 2.75) is 45.1 Å². The van der Waals surface area contributed by atoms with Gasteiger partial charge in [0.05, 0.1) is 12.2 Å². The molecular formula is C27H28Cl2F3N5O2Si. The second kappa shape index (κ2) is 11.1. The molecule has 0 unspecified atom stereocenters. The summed E-state index contributed by atoms with van der Waals surface area (Å²) in [5.41, 5.74) is 0.0372. The Morgan fingerprint density at radius 2 is 1.65 bits per heavy atom. The first-order chi connectivity index (χ1) is 18.6. The number of rotatable bonds is 7. The van der Waals surface area contributed by atoms with E-state index in [0.29, 0.717) is 22.5 Å². The number of amides is 1. The van der Waals surface area contributed by atoms with Gasteiger partial charge in [0, 0.05) is 29.9 Å². The van der Waals surface area contributed by atoms with E-state index < -0.39 is 26.0 Å². The van der Waals surface area contributed by atoms with Crippen LogP contribution in [0.15, 0.2) is 54.7 Å². The summed E-state index contributed by atoms with van der Waals surface area (Å²) in [4.78, 5) is 27.9. The van der Waals surface area contributed by atoms with E-state index >= 15 is 0 Å². The maximum absolute atomic E-state index is 13.9. The Labute approximate surface area is 241 Å². The van der Waals surface area contributed by atoms with Crippen LogP contribution in [0.4, 0.5) is 19.0 Å². The van der Waals surface area contributed by atoms with Crippen LogP contribution in [-0.2, 0) is 10.6 Å². The maximum Gasteiger partial charge on any atom is 0.416 e. The molecule has 0 saturated carbocycles. The highest BCUT2D eigenvalue weighted by molar-refractivity contribution is 6.74. The summed E-state index contributed by atoms with van der Waals surface area (Å²) in [7, 11) is -2.18. The number of fused-ring (bicyclic) bond motifs is 1. The Bertz CT molecular complexity index is 1520. The molecule has 0 N–H and O–H groups in total. The Kier molecular flexibility index (Phi) is 8.33. The van der Waals surface area contributed by atoms with Gasteiger partial charge in [-0.15, -0.1) is 0 Å². The molecule has 0 spiro atoms. The zero-order chi connectivity index (χ0) is 29.5. The van der Waals surface area contributed by atoms with Crippen LogP contribution in [0.1, 0.15) is 37.0 Å². The fraction of sp³-hybridized carbons (Fsp3) is 0.333. The third-order valence-corrected chi connectivity index (χ3v) is 11.9. The number of benzene rings is 1. The quantitative estimate of drug-likeness (QED) is 0.158. The average Bonchev–Trinajstić information content (AvgIpc) is 3.23. The zero-order valence-corrected chi connectivity index (χ0v) is 25.1. The van der Waals surface area contributed by atoms with Crippen LogP contribution in [0.25, 0.3) is 16.7 Å². The molecule has 40 heavy (non-hydrogen) atoms.